The molecular weight excluding hydrogens is 444 g/mol. The normalized spacial score (nSPS) is 21.9. The molecule has 10 heteroatoms. The molecule has 0 radical (unpaired) electrons. The van der Waals surface area contributed by atoms with E-state index in [9.17, 15) is 4.79 Å². The molecule has 0 spiro atoms. The molecule has 1 aromatic heterocycles. The first-order valence-electron chi connectivity index (χ1n) is 11.1. The van der Waals surface area contributed by atoms with E-state index >= 15 is 0 Å². The number of hydrogen-bond donors (Lipinski definition) is 1. The third-order valence-corrected chi connectivity index (χ3v) is 6.56. The van der Waals surface area contributed by atoms with Gasteiger partial charge >= 0.3 is 6.03 Å². The Bertz CT molecular complexity index is 1170. The number of anilines is 1. The highest BCUT2D eigenvalue weighted by Gasteiger charge is 2.54. The van der Waals surface area contributed by atoms with Gasteiger partial charge in [-0.05, 0) is 19.9 Å². The SMILES string of the molecule is CC(C)(C)c1nc(C2=C3[NH+](C=N2)c2cccc(Cl)c2N(C(=O)N2CCOCC2)C3(C)C)no1. The topological polar surface area (TPSA) is 88.5 Å². The second-order valence-electron chi connectivity index (χ2n) is 9.98. The lowest BCUT2D eigenvalue weighted by Crippen LogP contribution is -3.07. The van der Waals surface area contributed by atoms with E-state index in [0.29, 0.717) is 54.4 Å². The largest absolute Gasteiger partial charge is 0.378 e. The molecule has 1 aromatic carbocycles. The van der Waals surface area contributed by atoms with Crippen LogP contribution >= 0.6 is 11.6 Å². The van der Waals surface area contributed by atoms with Crippen LogP contribution in [0.1, 0.15) is 46.3 Å². The van der Waals surface area contributed by atoms with Crippen LogP contribution in [0.15, 0.2) is 33.4 Å². The summed E-state index contributed by atoms with van der Waals surface area (Å²) in [5.74, 6) is 0.950. The van der Waals surface area contributed by atoms with Gasteiger partial charge in [0.25, 0.3) is 0 Å². The highest BCUT2D eigenvalue weighted by molar-refractivity contribution is 6.34. The van der Waals surface area contributed by atoms with Gasteiger partial charge in [0.05, 0.1) is 18.2 Å². The van der Waals surface area contributed by atoms with Crippen molar-refractivity contribution in [3.63, 3.8) is 0 Å². The zero-order valence-electron chi connectivity index (χ0n) is 19.5. The van der Waals surface area contributed by atoms with Gasteiger partial charge in [-0.2, -0.15) is 9.98 Å². The summed E-state index contributed by atoms with van der Waals surface area (Å²) < 4.78 is 11.0. The van der Waals surface area contributed by atoms with E-state index in [2.05, 4.69) is 10.1 Å². The first kappa shape index (κ1) is 22.1. The number of carbonyl (C=O) groups is 1. The fourth-order valence-electron chi connectivity index (χ4n) is 4.59. The molecular formula is C23H28ClN6O3+. The van der Waals surface area contributed by atoms with Crippen molar-refractivity contribution in [1.82, 2.24) is 15.0 Å². The Morgan fingerprint density at radius 2 is 1.94 bits per heavy atom. The molecule has 4 heterocycles. The van der Waals surface area contributed by atoms with Crippen LogP contribution in [0.25, 0.3) is 5.70 Å². The number of para-hydroxylation sites is 1. The number of urea groups is 1. The summed E-state index contributed by atoms with van der Waals surface area (Å²) in [7, 11) is 0. The average Bonchev–Trinajstić information content (AvgIpc) is 3.42. The van der Waals surface area contributed by atoms with Gasteiger partial charge in [0, 0.05) is 24.6 Å². The van der Waals surface area contributed by atoms with Crippen LogP contribution in [-0.2, 0) is 10.2 Å². The van der Waals surface area contributed by atoms with Crippen LogP contribution in [0.2, 0.25) is 5.02 Å². The fourth-order valence-corrected chi connectivity index (χ4v) is 4.84. The van der Waals surface area contributed by atoms with Gasteiger partial charge in [-0.15, -0.1) is 0 Å². The molecule has 33 heavy (non-hydrogen) atoms. The van der Waals surface area contributed by atoms with E-state index < -0.39 is 5.54 Å². The smallest absolute Gasteiger partial charge is 0.325 e. The molecule has 0 saturated carbocycles. The van der Waals surface area contributed by atoms with Gasteiger partial charge in [-0.1, -0.05) is 43.6 Å². The maximum Gasteiger partial charge on any atom is 0.325 e. The maximum absolute atomic E-state index is 13.9. The minimum absolute atomic E-state index is 0.112. The molecule has 9 nitrogen and oxygen atoms in total. The summed E-state index contributed by atoms with van der Waals surface area (Å²) in [5.41, 5.74) is 1.98. The van der Waals surface area contributed by atoms with Gasteiger partial charge in [0.1, 0.15) is 11.2 Å². The molecule has 0 aliphatic carbocycles. The summed E-state index contributed by atoms with van der Waals surface area (Å²) >= 11 is 6.69. The monoisotopic (exact) mass is 471 g/mol. The predicted molar refractivity (Wildman–Crippen MR) is 125 cm³/mol. The number of nitrogens with zero attached hydrogens (tertiary/aromatic N) is 5. The molecule has 5 rings (SSSR count). The van der Waals surface area contributed by atoms with Crippen LogP contribution in [0.5, 0.6) is 0 Å². The zero-order valence-corrected chi connectivity index (χ0v) is 20.2. The number of carbonyl (C=O) groups excluding carboxylic acids is 1. The van der Waals surface area contributed by atoms with Crippen molar-refractivity contribution in [3.8, 4) is 0 Å². The highest BCUT2D eigenvalue weighted by Crippen LogP contribution is 2.44. The van der Waals surface area contributed by atoms with Crippen molar-refractivity contribution in [1.29, 1.82) is 0 Å². The number of aliphatic imine (C=N–C) groups is 1. The van der Waals surface area contributed by atoms with Gasteiger partial charge in [-0.25, -0.2) is 9.69 Å². The number of morpholine rings is 1. The van der Waals surface area contributed by atoms with E-state index in [4.69, 9.17) is 25.9 Å². The molecule has 3 aliphatic rings. The first-order chi connectivity index (χ1) is 15.6. The van der Waals surface area contributed by atoms with E-state index in [-0.39, 0.29) is 11.4 Å². The third-order valence-electron chi connectivity index (χ3n) is 6.25. The number of hydrogen-bond acceptors (Lipinski definition) is 6. The number of rotatable bonds is 1. The Labute approximate surface area is 197 Å². The number of amides is 2. The number of benzene rings is 1. The van der Waals surface area contributed by atoms with Gasteiger partial charge in [-0.3, -0.25) is 4.90 Å². The number of aromatic nitrogens is 2. The zero-order chi connectivity index (χ0) is 23.5. The van der Waals surface area contributed by atoms with Crippen molar-refractivity contribution >= 4 is 41.0 Å². The van der Waals surface area contributed by atoms with Gasteiger partial charge in [0.2, 0.25) is 11.7 Å². The molecule has 1 atom stereocenters. The summed E-state index contributed by atoms with van der Waals surface area (Å²) in [6, 6.07) is 5.56. The lowest BCUT2D eigenvalue weighted by molar-refractivity contribution is -0.679. The Morgan fingerprint density at radius 3 is 2.61 bits per heavy atom. The summed E-state index contributed by atoms with van der Waals surface area (Å²) in [4.78, 5) is 27.7. The molecule has 2 aromatic rings. The van der Waals surface area contributed by atoms with Crippen molar-refractivity contribution in [2.45, 2.75) is 45.6 Å². The predicted octanol–water partition coefficient (Wildman–Crippen LogP) is 3.00. The van der Waals surface area contributed by atoms with Crippen molar-refractivity contribution in [2.75, 3.05) is 31.2 Å². The number of nitrogens with one attached hydrogen (secondary N) is 1. The molecule has 3 aliphatic heterocycles. The van der Waals surface area contributed by atoms with Crippen LogP contribution in [-0.4, -0.2) is 59.3 Å². The number of halogens is 1. The Morgan fingerprint density at radius 1 is 1.21 bits per heavy atom. The minimum Gasteiger partial charge on any atom is -0.378 e. The molecule has 1 N–H and O–H groups in total. The maximum atomic E-state index is 13.9. The average molecular weight is 472 g/mol. The highest BCUT2D eigenvalue weighted by atomic mass is 35.5. The quantitative estimate of drug-likeness (QED) is 0.690. The van der Waals surface area contributed by atoms with Gasteiger partial charge < -0.3 is 14.2 Å². The summed E-state index contributed by atoms with van der Waals surface area (Å²) in [6.07, 6.45) is 1.81. The van der Waals surface area contributed by atoms with E-state index in [0.717, 1.165) is 16.3 Å². The fraction of sp³-hybridized carbons (Fsp3) is 0.478. The molecule has 2 amide bonds. The van der Waals surface area contributed by atoms with Crippen LogP contribution in [0, 0.1) is 0 Å². The molecule has 174 valence electrons. The number of quaternary nitrogens is 1. The van der Waals surface area contributed by atoms with Crippen molar-refractivity contribution in [3.05, 3.63) is 40.6 Å². The first-order valence-corrected chi connectivity index (χ1v) is 11.4. The molecule has 1 unspecified atom stereocenters. The summed E-state index contributed by atoms with van der Waals surface area (Å²) in [6.45, 7) is 12.2. The lowest BCUT2D eigenvalue weighted by atomic mass is 9.90. The van der Waals surface area contributed by atoms with E-state index in [1.54, 1.807) is 4.90 Å². The van der Waals surface area contributed by atoms with Crippen LogP contribution in [0.4, 0.5) is 16.2 Å². The second kappa shape index (κ2) is 7.65. The molecule has 1 saturated heterocycles. The standard InChI is InChI=1S/C23H27ClN6O3/c1-22(2,3)20-26-19(27-33-20)16-18-23(4,5)30(21(31)28-9-11-32-12-10-28)17-14(24)7-6-8-15(17)29(18)13-25-16/h6-8,13H,9-12H2,1-5H3/p+1. The Kier molecular flexibility index (Phi) is 5.11. The van der Waals surface area contributed by atoms with E-state index in [1.165, 1.54) is 0 Å². The van der Waals surface area contributed by atoms with Crippen molar-refractivity contribution < 1.29 is 19.0 Å². The number of fused-ring (bicyclic) bond motifs is 3. The number of ether oxygens (including phenoxy) is 1. The van der Waals surface area contributed by atoms with Crippen molar-refractivity contribution in [2.24, 2.45) is 4.99 Å². The molecule has 1 fully saturated rings. The Balaban J connectivity index is 1.68. The lowest BCUT2D eigenvalue weighted by Gasteiger charge is -2.46. The molecule has 0 bridgehead atoms. The van der Waals surface area contributed by atoms with E-state index in [1.807, 2.05) is 64.1 Å². The Hall–Kier alpha value is -2.75. The third kappa shape index (κ3) is 3.46. The van der Waals surface area contributed by atoms with Gasteiger partial charge in [0.15, 0.2) is 23.4 Å². The van der Waals surface area contributed by atoms with Crippen LogP contribution in [0.3, 0.4) is 0 Å². The minimum atomic E-state index is -0.767. The second-order valence-corrected chi connectivity index (χ2v) is 10.4. The van der Waals surface area contributed by atoms with Crippen LogP contribution < -0.4 is 9.80 Å². The summed E-state index contributed by atoms with van der Waals surface area (Å²) in [5, 5.41) is 4.75.